The maximum atomic E-state index is 11.8. The number of hydrogen-bond donors (Lipinski definition) is 1. The molecule has 154 valence electrons. The first kappa shape index (κ1) is 20.9. The Morgan fingerprint density at radius 3 is 2.50 bits per heavy atom. The highest BCUT2D eigenvalue weighted by molar-refractivity contribution is 5.91. The maximum Gasteiger partial charge on any atom is 0.265 e. The number of ether oxygens (including phenoxy) is 2. The molecule has 3 rings (SSSR count). The molecule has 0 heterocycles. The second-order valence-corrected chi connectivity index (χ2v) is 6.61. The van der Waals surface area contributed by atoms with Crippen LogP contribution in [-0.2, 0) is 16.2 Å². The Balaban J connectivity index is 1.51. The molecule has 1 amide bonds. The van der Waals surface area contributed by atoms with Crippen LogP contribution in [0.25, 0.3) is 0 Å². The van der Waals surface area contributed by atoms with Gasteiger partial charge in [-0.2, -0.15) is 0 Å². The molecule has 0 spiro atoms. The Labute approximate surface area is 176 Å². The average molecular weight is 404 g/mol. The summed E-state index contributed by atoms with van der Waals surface area (Å²) in [6, 6.07) is 22.8. The highest BCUT2D eigenvalue weighted by atomic mass is 16.6. The lowest BCUT2D eigenvalue weighted by Gasteiger charge is -2.11. The molecule has 6 heteroatoms. The van der Waals surface area contributed by atoms with Gasteiger partial charge in [0.05, 0.1) is 13.3 Å². The molecular formula is C24H24N2O4. The zero-order chi connectivity index (χ0) is 21.2. The number of nitrogens with one attached hydrogen (secondary N) is 1. The molecule has 0 aliphatic heterocycles. The molecule has 6 nitrogen and oxygen atoms in total. The number of oxime groups is 1. The van der Waals surface area contributed by atoms with Gasteiger partial charge < -0.3 is 19.6 Å². The summed E-state index contributed by atoms with van der Waals surface area (Å²) in [6.07, 6.45) is 1.52. The van der Waals surface area contributed by atoms with E-state index in [2.05, 4.69) is 22.6 Å². The van der Waals surface area contributed by atoms with Crippen molar-refractivity contribution in [3.8, 4) is 11.5 Å². The Bertz CT molecular complexity index is 986. The number of anilines is 1. The van der Waals surface area contributed by atoms with Crippen molar-refractivity contribution in [1.29, 1.82) is 0 Å². The predicted octanol–water partition coefficient (Wildman–Crippen LogP) is 4.57. The predicted molar refractivity (Wildman–Crippen MR) is 117 cm³/mol. The van der Waals surface area contributed by atoms with E-state index in [1.54, 1.807) is 25.3 Å². The molecule has 1 N–H and O–H groups in total. The molecule has 30 heavy (non-hydrogen) atoms. The van der Waals surface area contributed by atoms with Crippen LogP contribution in [0.2, 0.25) is 0 Å². The van der Waals surface area contributed by atoms with Crippen molar-refractivity contribution in [2.45, 2.75) is 13.5 Å². The lowest BCUT2D eigenvalue weighted by molar-refractivity contribution is -0.120. The van der Waals surface area contributed by atoms with E-state index in [4.69, 9.17) is 14.3 Å². The zero-order valence-electron chi connectivity index (χ0n) is 17.0. The van der Waals surface area contributed by atoms with Crippen LogP contribution in [0.5, 0.6) is 11.5 Å². The van der Waals surface area contributed by atoms with Crippen LogP contribution in [0.4, 0.5) is 5.69 Å². The third-order valence-electron chi connectivity index (χ3n) is 4.23. The number of carbonyl (C=O) groups excluding carboxylic acids is 1. The fourth-order valence-corrected chi connectivity index (χ4v) is 2.64. The monoisotopic (exact) mass is 404 g/mol. The highest BCUT2D eigenvalue weighted by Crippen LogP contribution is 2.28. The summed E-state index contributed by atoms with van der Waals surface area (Å²) >= 11 is 0. The minimum atomic E-state index is -0.282. The molecule has 0 aromatic heterocycles. The van der Waals surface area contributed by atoms with Crippen molar-refractivity contribution >= 4 is 17.8 Å². The molecule has 0 saturated heterocycles. The first-order chi connectivity index (χ1) is 14.6. The van der Waals surface area contributed by atoms with E-state index in [-0.39, 0.29) is 12.5 Å². The largest absolute Gasteiger partial charge is 0.493 e. The second-order valence-electron chi connectivity index (χ2n) is 6.61. The first-order valence-electron chi connectivity index (χ1n) is 9.50. The van der Waals surface area contributed by atoms with Crippen LogP contribution in [-0.4, -0.2) is 25.8 Å². The van der Waals surface area contributed by atoms with Crippen molar-refractivity contribution in [3.05, 3.63) is 89.5 Å². The summed E-state index contributed by atoms with van der Waals surface area (Å²) in [4.78, 5) is 16.9. The summed E-state index contributed by atoms with van der Waals surface area (Å²) < 4.78 is 11.3. The minimum Gasteiger partial charge on any atom is -0.493 e. The molecule has 0 saturated carbocycles. The molecule has 0 bridgehead atoms. The fraction of sp³-hybridized carbons (Fsp3) is 0.167. The normalized spacial score (nSPS) is 10.6. The fourth-order valence-electron chi connectivity index (χ4n) is 2.64. The highest BCUT2D eigenvalue weighted by Gasteiger charge is 2.06. The van der Waals surface area contributed by atoms with Gasteiger partial charge in [0.15, 0.2) is 18.1 Å². The van der Waals surface area contributed by atoms with Crippen LogP contribution in [0.15, 0.2) is 78.0 Å². The van der Waals surface area contributed by atoms with Gasteiger partial charge >= 0.3 is 0 Å². The molecule has 0 atom stereocenters. The summed E-state index contributed by atoms with van der Waals surface area (Å²) in [6.45, 7) is 2.32. The second kappa shape index (κ2) is 10.7. The summed E-state index contributed by atoms with van der Waals surface area (Å²) in [5.41, 5.74) is 3.76. The SMILES string of the molecule is COc1cc(/C=N/OCC(=O)Nc2ccccc2)ccc1OCc1ccc(C)cc1. The minimum absolute atomic E-state index is 0.180. The van der Waals surface area contributed by atoms with Crippen molar-refractivity contribution in [3.63, 3.8) is 0 Å². The smallest absolute Gasteiger partial charge is 0.265 e. The van der Waals surface area contributed by atoms with E-state index >= 15 is 0 Å². The standard InChI is InChI=1S/C24H24N2O4/c1-18-8-10-19(11-9-18)16-29-22-13-12-20(14-23(22)28-2)15-25-30-17-24(27)26-21-6-4-3-5-7-21/h3-15H,16-17H2,1-2H3,(H,26,27)/b25-15+. The zero-order valence-corrected chi connectivity index (χ0v) is 17.0. The van der Waals surface area contributed by atoms with Gasteiger partial charge in [0, 0.05) is 11.3 Å². The number of para-hydroxylation sites is 1. The van der Waals surface area contributed by atoms with E-state index in [0.29, 0.717) is 23.8 Å². The number of nitrogens with zero attached hydrogens (tertiary/aromatic N) is 1. The lowest BCUT2D eigenvalue weighted by Crippen LogP contribution is -2.16. The molecule has 3 aromatic rings. The number of amides is 1. The number of benzene rings is 3. The van der Waals surface area contributed by atoms with Crippen LogP contribution in [0.1, 0.15) is 16.7 Å². The van der Waals surface area contributed by atoms with E-state index in [0.717, 1.165) is 11.1 Å². The van der Waals surface area contributed by atoms with E-state index < -0.39 is 0 Å². The first-order valence-corrected chi connectivity index (χ1v) is 9.50. The van der Waals surface area contributed by atoms with Gasteiger partial charge in [0.25, 0.3) is 5.91 Å². The van der Waals surface area contributed by atoms with Crippen LogP contribution in [0.3, 0.4) is 0 Å². The van der Waals surface area contributed by atoms with Gasteiger partial charge in [-0.1, -0.05) is 53.2 Å². The quantitative estimate of drug-likeness (QED) is 0.419. The van der Waals surface area contributed by atoms with Crippen LogP contribution < -0.4 is 14.8 Å². The summed E-state index contributed by atoms with van der Waals surface area (Å²) in [7, 11) is 1.58. The molecular weight excluding hydrogens is 380 g/mol. The third-order valence-corrected chi connectivity index (χ3v) is 4.23. The molecule has 0 fully saturated rings. The molecule has 0 unspecified atom stereocenters. The Morgan fingerprint density at radius 1 is 1.00 bits per heavy atom. The van der Waals surface area contributed by atoms with E-state index in [1.807, 2.05) is 49.4 Å². The van der Waals surface area contributed by atoms with E-state index in [1.165, 1.54) is 11.8 Å². The van der Waals surface area contributed by atoms with Gasteiger partial charge in [-0.3, -0.25) is 4.79 Å². The van der Waals surface area contributed by atoms with Gasteiger partial charge in [0.1, 0.15) is 6.61 Å². The molecule has 3 aromatic carbocycles. The third kappa shape index (κ3) is 6.38. The Morgan fingerprint density at radius 2 is 1.77 bits per heavy atom. The molecule has 0 aliphatic carbocycles. The summed E-state index contributed by atoms with van der Waals surface area (Å²) in [5, 5.41) is 6.57. The lowest BCUT2D eigenvalue weighted by atomic mass is 10.2. The Hall–Kier alpha value is -3.80. The van der Waals surface area contributed by atoms with Gasteiger partial charge in [-0.25, -0.2) is 0 Å². The topological polar surface area (TPSA) is 69.2 Å². The molecule has 0 aliphatic rings. The van der Waals surface area contributed by atoms with Gasteiger partial charge in [-0.05, 0) is 42.8 Å². The number of aryl methyl sites for hydroxylation is 1. The average Bonchev–Trinajstić information content (AvgIpc) is 2.77. The van der Waals surface area contributed by atoms with Crippen LogP contribution >= 0.6 is 0 Å². The van der Waals surface area contributed by atoms with Crippen LogP contribution in [0, 0.1) is 6.92 Å². The molecule has 0 radical (unpaired) electrons. The van der Waals surface area contributed by atoms with Gasteiger partial charge in [-0.15, -0.1) is 0 Å². The van der Waals surface area contributed by atoms with Gasteiger partial charge in [0.2, 0.25) is 0 Å². The summed E-state index contributed by atoms with van der Waals surface area (Å²) in [5.74, 6) is 0.946. The van der Waals surface area contributed by atoms with Crippen molar-refractivity contribution < 1.29 is 19.1 Å². The Kier molecular flexibility index (Phi) is 7.44. The van der Waals surface area contributed by atoms with Crippen molar-refractivity contribution in [2.24, 2.45) is 5.16 Å². The van der Waals surface area contributed by atoms with Crippen molar-refractivity contribution in [2.75, 3.05) is 19.0 Å². The number of rotatable bonds is 9. The van der Waals surface area contributed by atoms with E-state index in [9.17, 15) is 4.79 Å². The number of hydrogen-bond acceptors (Lipinski definition) is 5. The number of carbonyl (C=O) groups is 1. The maximum absolute atomic E-state index is 11.8. The van der Waals surface area contributed by atoms with Crippen molar-refractivity contribution in [1.82, 2.24) is 0 Å². The number of methoxy groups -OCH3 is 1.